The molecule has 0 saturated carbocycles. The van der Waals surface area contributed by atoms with Gasteiger partial charge in [0.25, 0.3) is 5.96 Å². The highest BCUT2D eigenvalue weighted by Crippen LogP contribution is 2.11. The molecule has 2 aromatic rings. The third kappa shape index (κ3) is 10.8. The molecule has 0 heterocycles. The van der Waals surface area contributed by atoms with Gasteiger partial charge in [0.1, 0.15) is 17.6 Å². The van der Waals surface area contributed by atoms with Crippen LogP contribution in [-0.4, -0.2) is 71.1 Å². The van der Waals surface area contributed by atoms with Crippen LogP contribution in [0, 0.1) is 15.5 Å². The second-order valence-corrected chi connectivity index (χ2v) is 8.80. The van der Waals surface area contributed by atoms with Crippen LogP contribution >= 0.6 is 0 Å². The molecular formula is C26H34N6O7. The number of phenols is 1. The second kappa shape index (κ2) is 15.7. The van der Waals surface area contributed by atoms with Crippen LogP contribution in [0.1, 0.15) is 30.4 Å². The molecule has 0 fully saturated rings. The summed E-state index contributed by atoms with van der Waals surface area (Å²) in [5, 5.41) is 32.9. The highest BCUT2D eigenvalue weighted by atomic mass is 16.7. The Morgan fingerprint density at radius 2 is 1.77 bits per heavy atom. The molecule has 0 aliphatic rings. The molecule has 2 atom stereocenters. The Kier molecular flexibility index (Phi) is 12.3. The van der Waals surface area contributed by atoms with Crippen molar-refractivity contribution >= 4 is 23.6 Å². The van der Waals surface area contributed by atoms with Crippen molar-refractivity contribution in [1.29, 1.82) is 5.41 Å². The van der Waals surface area contributed by atoms with E-state index in [0.717, 1.165) is 18.2 Å². The van der Waals surface area contributed by atoms with Crippen molar-refractivity contribution in [3.8, 4) is 5.75 Å². The van der Waals surface area contributed by atoms with Gasteiger partial charge in [0.15, 0.2) is 5.03 Å². The Morgan fingerprint density at radius 3 is 2.36 bits per heavy atom. The first-order valence-electron chi connectivity index (χ1n) is 12.3. The zero-order valence-electron chi connectivity index (χ0n) is 21.7. The fraction of sp³-hybridized carbons (Fsp3) is 0.385. The number of carbonyl (C=O) groups is 3. The van der Waals surface area contributed by atoms with Gasteiger partial charge in [-0.05, 0) is 48.9 Å². The highest BCUT2D eigenvalue weighted by Gasteiger charge is 2.27. The summed E-state index contributed by atoms with van der Waals surface area (Å²) in [4.78, 5) is 49.1. The van der Waals surface area contributed by atoms with Crippen LogP contribution in [0.3, 0.4) is 0 Å². The Morgan fingerprint density at radius 1 is 1.10 bits per heavy atom. The number of Topliss-reactive ketones (excluding diaryl/α,β-unsaturated/α-hetero) is 1. The maximum absolute atomic E-state index is 13.2. The van der Waals surface area contributed by atoms with E-state index in [9.17, 15) is 29.6 Å². The summed E-state index contributed by atoms with van der Waals surface area (Å²) < 4.78 is 4.79. The predicted octanol–water partition coefficient (Wildman–Crippen LogP) is 0.920. The van der Waals surface area contributed by atoms with Gasteiger partial charge in [0, 0.05) is 6.42 Å². The van der Waals surface area contributed by atoms with Crippen LogP contribution in [0.25, 0.3) is 0 Å². The topological polar surface area (TPSA) is 201 Å². The summed E-state index contributed by atoms with van der Waals surface area (Å²) in [7, 11) is 1.16. The van der Waals surface area contributed by atoms with E-state index in [1.165, 1.54) is 0 Å². The minimum atomic E-state index is -1.10. The molecule has 1 unspecified atom stereocenters. The van der Waals surface area contributed by atoms with Gasteiger partial charge in [-0.1, -0.05) is 47.5 Å². The van der Waals surface area contributed by atoms with Gasteiger partial charge >= 0.3 is 5.97 Å². The number of aryl methyl sites for hydroxylation is 1. The number of carbonyl (C=O) groups excluding carboxylic acids is 3. The Hall–Kier alpha value is -4.52. The zero-order chi connectivity index (χ0) is 28.8. The molecule has 0 spiro atoms. The molecule has 1 amide bonds. The van der Waals surface area contributed by atoms with Crippen molar-refractivity contribution in [3.63, 3.8) is 0 Å². The molecule has 0 bridgehead atoms. The Labute approximate surface area is 225 Å². The monoisotopic (exact) mass is 542 g/mol. The predicted molar refractivity (Wildman–Crippen MR) is 142 cm³/mol. The third-order valence-electron chi connectivity index (χ3n) is 5.91. The minimum Gasteiger partial charge on any atom is -0.508 e. The number of hydrogen-bond acceptors (Lipinski definition) is 9. The molecule has 0 aliphatic heterocycles. The van der Waals surface area contributed by atoms with E-state index < -0.39 is 35.0 Å². The van der Waals surface area contributed by atoms with Crippen LogP contribution in [0.2, 0.25) is 0 Å². The molecule has 0 radical (unpaired) electrons. The van der Waals surface area contributed by atoms with Crippen LogP contribution in [0.4, 0.5) is 0 Å². The lowest BCUT2D eigenvalue weighted by molar-refractivity contribution is -0.629. The first-order valence-corrected chi connectivity index (χ1v) is 12.3. The Balaban J connectivity index is 2.03. The zero-order valence-corrected chi connectivity index (χ0v) is 21.7. The van der Waals surface area contributed by atoms with Gasteiger partial charge in [-0.25, -0.2) is 14.9 Å². The van der Waals surface area contributed by atoms with Crippen LogP contribution in [-0.2, 0) is 32.0 Å². The summed E-state index contributed by atoms with van der Waals surface area (Å²) in [5.41, 5.74) is 6.94. The van der Waals surface area contributed by atoms with Gasteiger partial charge in [0.05, 0.1) is 26.2 Å². The molecule has 13 nitrogen and oxygen atoms in total. The van der Waals surface area contributed by atoms with Crippen molar-refractivity contribution in [2.45, 2.75) is 44.2 Å². The molecule has 0 saturated heterocycles. The fourth-order valence-corrected chi connectivity index (χ4v) is 3.78. The number of nitrogens with one attached hydrogen (secondary N) is 3. The molecular weight excluding hydrogens is 508 g/mol. The van der Waals surface area contributed by atoms with Gasteiger partial charge in [0.2, 0.25) is 5.91 Å². The normalized spacial score (nSPS) is 12.1. The van der Waals surface area contributed by atoms with Crippen molar-refractivity contribution in [1.82, 2.24) is 15.6 Å². The van der Waals surface area contributed by atoms with E-state index in [2.05, 4.69) is 10.6 Å². The lowest BCUT2D eigenvalue weighted by Gasteiger charge is -2.22. The number of aromatic hydroxyl groups is 1. The number of hydrogen-bond donors (Lipinski definition) is 5. The standard InChI is InChI=1S/C26H34N6O7/c1-39-25(36)22(8-5-15-31(26(27)28)32(37)38)30-24(35)23(16-19-6-3-2-4-7-19)29-17-21(34)14-11-18-9-12-20(33)13-10-18/h2-4,6-7,9-10,12-13,22-23,29,33H,5,8,11,14-17H2,1H3,(H3,27,28)(H,30,35)/t22?,23-/m0/s1. The fourth-order valence-electron chi connectivity index (χ4n) is 3.78. The van der Waals surface area contributed by atoms with Gasteiger partial charge < -0.3 is 20.9 Å². The van der Waals surface area contributed by atoms with Crippen molar-refractivity contribution in [2.24, 2.45) is 5.73 Å². The van der Waals surface area contributed by atoms with E-state index in [4.69, 9.17) is 15.9 Å². The summed E-state index contributed by atoms with van der Waals surface area (Å²) in [6.45, 7) is -0.324. The number of nitrogens with zero attached hydrogens (tertiary/aromatic N) is 2. The maximum Gasteiger partial charge on any atom is 0.328 e. The average molecular weight is 543 g/mol. The number of guanidine groups is 1. The van der Waals surface area contributed by atoms with E-state index in [0.29, 0.717) is 11.4 Å². The summed E-state index contributed by atoms with van der Waals surface area (Å²) in [6, 6.07) is 13.7. The van der Waals surface area contributed by atoms with Gasteiger partial charge in [-0.2, -0.15) is 0 Å². The van der Waals surface area contributed by atoms with Crippen molar-refractivity contribution in [3.05, 3.63) is 75.8 Å². The third-order valence-corrected chi connectivity index (χ3v) is 5.91. The summed E-state index contributed by atoms with van der Waals surface area (Å²) in [6.07, 6.45) is 1.01. The number of benzene rings is 2. The molecule has 0 aliphatic carbocycles. The molecule has 2 aromatic carbocycles. The number of hydrazine groups is 1. The van der Waals surface area contributed by atoms with Crippen LogP contribution in [0.5, 0.6) is 5.75 Å². The van der Waals surface area contributed by atoms with Crippen LogP contribution in [0.15, 0.2) is 54.6 Å². The highest BCUT2D eigenvalue weighted by molar-refractivity contribution is 5.88. The number of methoxy groups -OCH3 is 1. The summed E-state index contributed by atoms with van der Waals surface area (Å²) in [5.74, 6) is -2.01. The average Bonchev–Trinajstić information content (AvgIpc) is 2.91. The number of ether oxygens (including phenoxy) is 1. The SMILES string of the molecule is COC(=O)C(CCCN(C(=N)N)[N+](=O)[O-])NC(=O)[C@H](Cc1ccccc1)NCC(=O)CCc1ccc(O)cc1. The van der Waals surface area contributed by atoms with Crippen LogP contribution < -0.4 is 16.4 Å². The number of amides is 1. The number of ketones is 1. The first-order chi connectivity index (χ1) is 18.6. The van der Waals surface area contributed by atoms with Crippen molar-refractivity contribution < 1.29 is 29.3 Å². The molecule has 39 heavy (non-hydrogen) atoms. The van der Waals surface area contributed by atoms with Crippen molar-refractivity contribution in [2.75, 3.05) is 20.2 Å². The number of nitrogens with two attached hydrogens (primary N) is 1. The second-order valence-electron chi connectivity index (χ2n) is 8.80. The molecule has 2 rings (SSSR count). The number of nitro groups is 1. The van der Waals surface area contributed by atoms with E-state index in [1.54, 1.807) is 24.3 Å². The smallest absolute Gasteiger partial charge is 0.328 e. The molecule has 6 N–H and O–H groups in total. The number of esters is 1. The van der Waals surface area contributed by atoms with Gasteiger partial charge in [-0.3, -0.25) is 20.3 Å². The van der Waals surface area contributed by atoms with Gasteiger partial charge in [-0.15, -0.1) is 0 Å². The van der Waals surface area contributed by atoms with E-state index >= 15 is 0 Å². The Bertz CT molecular complexity index is 1110. The molecule has 13 heteroatoms. The first kappa shape index (κ1) is 30.7. The quantitative estimate of drug-likeness (QED) is 0.0667. The molecule has 210 valence electrons. The lowest BCUT2D eigenvalue weighted by Crippen LogP contribution is -2.52. The maximum atomic E-state index is 13.2. The summed E-state index contributed by atoms with van der Waals surface area (Å²) >= 11 is 0. The molecule has 0 aromatic heterocycles. The van der Waals surface area contributed by atoms with E-state index in [1.807, 2.05) is 30.3 Å². The largest absolute Gasteiger partial charge is 0.508 e. The lowest BCUT2D eigenvalue weighted by atomic mass is 10.0. The number of rotatable bonds is 16. The minimum absolute atomic E-state index is 0.000346. The van der Waals surface area contributed by atoms with E-state index in [-0.39, 0.29) is 50.3 Å². The number of phenolic OH excluding ortho intramolecular Hbond substituents is 1.